The van der Waals surface area contributed by atoms with Crippen LogP contribution in [-0.2, 0) is 6.54 Å². The molecule has 3 heteroatoms. The SMILES string of the molecule is CCC1CCCCC1Nc1ccccc1Cn1cccn1. The van der Waals surface area contributed by atoms with Gasteiger partial charge in [-0.3, -0.25) is 4.68 Å². The monoisotopic (exact) mass is 283 g/mol. The molecule has 1 aromatic heterocycles. The number of hydrogen-bond donors (Lipinski definition) is 1. The Balaban J connectivity index is 1.75. The van der Waals surface area contributed by atoms with Gasteiger partial charge in [-0.15, -0.1) is 0 Å². The fourth-order valence-electron chi connectivity index (χ4n) is 3.45. The van der Waals surface area contributed by atoms with Gasteiger partial charge < -0.3 is 5.32 Å². The standard InChI is InChI=1S/C18H25N3/c1-2-15-8-3-5-10-17(15)20-18-11-6-4-9-16(18)14-21-13-7-12-19-21/h4,6-7,9,11-13,15,17,20H,2-3,5,8,10,14H2,1H3. The predicted octanol–water partition coefficient (Wildman–Crippen LogP) is 4.31. The number of hydrogen-bond acceptors (Lipinski definition) is 2. The van der Waals surface area contributed by atoms with Crippen molar-refractivity contribution in [1.82, 2.24) is 9.78 Å². The van der Waals surface area contributed by atoms with Gasteiger partial charge in [0.25, 0.3) is 0 Å². The second-order valence-corrected chi connectivity index (χ2v) is 6.06. The fraction of sp³-hybridized carbons (Fsp3) is 0.500. The van der Waals surface area contributed by atoms with Crippen LogP contribution >= 0.6 is 0 Å². The lowest BCUT2D eigenvalue weighted by Gasteiger charge is -2.33. The van der Waals surface area contributed by atoms with E-state index in [4.69, 9.17) is 0 Å². The van der Waals surface area contributed by atoms with Crippen molar-refractivity contribution in [3.05, 3.63) is 48.3 Å². The molecule has 3 rings (SSSR count). The van der Waals surface area contributed by atoms with Crippen LogP contribution in [0.2, 0.25) is 0 Å². The van der Waals surface area contributed by atoms with Crippen LogP contribution in [-0.4, -0.2) is 15.8 Å². The van der Waals surface area contributed by atoms with Crippen LogP contribution in [0.1, 0.15) is 44.6 Å². The summed E-state index contributed by atoms with van der Waals surface area (Å²) in [5.41, 5.74) is 2.60. The van der Waals surface area contributed by atoms with Crippen molar-refractivity contribution in [2.24, 2.45) is 5.92 Å². The van der Waals surface area contributed by atoms with E-state index < -0.39 is 0 Å². The van der Waals surface area contributed by atoms with Gasteiger partial charge >= 0.3 is 0 Å². The minimum Gasteiger partial charge on any atom is -0.382 e. The van der Waals surface area contributed by atoms with Crippen molar-refractivity contribution >= 4 is 5.69 Å². The van der Waals surface area contributed by atoms with Gasteiger partial charge in [-0.1, -0.05) is 44.4 Å². The van der Waals surface area contributed by atoms with E-state index in [0.717, 1.165) is 12.5 Å². The molecule has 2 aromatic rings. The Labute approximate surface area is 127 Å². The maximum absolute atomic E-state index is 4.32. The first-order chi connectivity index (χ1) is 10.4. The highest BCUT2D eigenvalue weighted by atomic mass is 15.3. The smallest absolute Gasteiger partial charge is 0.0679 e. The molecule has 0 bridgehead atoms. The quantitative estimate of drug-likeness (QED) is 0.886. The highest BCUT2D eigenvalue weighted by Gasteiger charge is 2.23. The molecule has 2 atom stereocenters. The van der Waals surface area contributed by atoms with E-state index in [2.05, 4.69) is 41.6 Å². The number of nitrogens with one attached hydrogen (secondary N) is 1. The van der Waals surface area contributed by atoms with Crippen molar-refractivity contribution in [3.63, 3.8) is 0 Å². The molecular weight excluding hydrogens is 258 g/mol. The summed E-state index contributed by atoms with van der Waals surface area (Å²) in [6.45, 7) is 3.15. The lowest BCUT2D eigenvalue weighted by Crippen LogP contribution is -2.32. The zero-order valence-corrected chi connectivity index (χ0v) is 12.8. The molecule has 3 nitrogen and oxygen atoms in total. The van der Waals surface area contributed by atoms with Crippen molar-refractivity contribution in [2.45, 2.75) is 51.6 Å². The van der Waals surface area contributed by atoms with Crippen molar-refractivity contribution < 1.29 is 0 Å². The zero-order chi connectivity index (χ0) is 14.5. The van der Waals surface area contributed by atoms with Crippen LogP contribution in [0, 0.1) is 5.92 Å². The van der Waals surface area contributed by atoms with E-state index in [1.54, 1.807) is 0 Å². The predicted molar refractivity (Wildman–Crippen MR) is 87.4 cm³/mol. The third-order valence-corrected chi connectivity index (χ3v) is 4.68. The third kappa shape index (κ3) is 3.46. The van der Waals surface area contributed by atoms with Gasteiger partial charge in [0.1, 0.15) is 0 Å². The molecule has 1 N–H and O–H groups in total. The molecule has 1 fully saturated rings. The Morgan fingerprint density at radius 3 is 2.86 bits per heavy atom. The average Bonchev–Trinajstić information content (AvgIpc) is 3.03. The van der Waals surface area contributed by atoms with Gasteiger partial charge in [0, 0.05) is 24.1 Å². The third-order valence-electron chi connectivity index (χ3n) is 4.68. The molecule has 1 heterocycles. The molecule has 1 aliphatic carbocycles. The molecule has 0 spiro atoms. The lowest BCUT2D eigenvalue weighted by molar-refractivity contribution is 0.317. The van der Waals surface area contributed by atoms with Gasteiger partial charge in [-0.05, 0) is 36.5 Å². The number of para-hydroxylation sites is 1. The number of nitrogens with zero attached hydrogens (tertiary/aromatic N) is 2. The fourth-order valence-corrected chi connectivity index (χ4v) is 3.45. The molecule has 0 radical (unpaired) electrons. The van der Waals surface area contributed by atoms with Crippen LogP contribution in [0.25, 0.3) is 0 Å². The Hall–Kier alpha value is -1.77. The van der Waals surface area contributed by atoms with Crippen molar-refractivity contribution in [2.75, 3.05) is 5.32 Å². The van der Waals surface area contributed by atoms with Gasteiger partial charge in [-0.2, -0.15) is 5.10 Å². The van der Waals surface area contributed by atoms with Crippen LogP contribution in [0.15, 0.2) is 42.7 Å². The normalized spacial score (nSPS) is 22.1. The first-order valence-corrected chi connectivity index (χ1v) is 8.18. The highest BCUT2D eigenvalue weighted by Crippen LogP contribution is 2.30. The number of aromatic nitrogens is 2. The summed E-state index contributed by atoms with van der Waals surface area (Å²) in [6, 6.07) is 11.3. The average molecular weight is 283 g/mol. The first kappa shape index (κ1) is 14.2. The first-order valence-electron chi connectivity index (χ1n) is 8.18. The summed E-state index contributed by atoms with van der Waals surface area (Å²) in [5.74, 6) is 0.816. The van der Waals surface area contributed by atoms with Gasteiger partial charge in [0.05, 0.1) is 6.54 Å². The Bertz CT molecular complexity index is 547. The van der Waals surface area contributed by atoms with E-state index in [1.807, 2.05) is 23.1 Å². The second-order valence-electron chi connectivity index (χ2n) is 6.06. The minimum absolute atomic E-state index is 0.627. The molecular formula is C18H25N3. The molecule has 1 saturated carbocycles. The Morgan fingerprint density at radius 1 is 1.19 bits per heavy atom. The van der Waals surface area contributed by atoms with E-state index >= 15 is 0 Å². The topological polar surface area (TPSA) is 29.9 Å². The zero-order valence-electron chi connectivity index (χ0n) is 12.8. The Kier molecular flexibility index (Phi) is 4.59. The van der Waals surface area contributed by atoms with Gasteiger partial charge in [-0.25, -0.2) is 0 Å². The van der Waals surface area contributed by atoms with E-state index in [9.17, 15) is 0 Å². The van der Waals surface area contributed by atoms with E-state index in [0.29, 0.717) is 6.04 Å². The van der Waals surface area contributed by atoms with Gasteiger partial charge in [0.2, 0.25) is 0 Å². The molecule has 0 aliphatic heterocycles. The lowest BCUT2D eigenvalue weighted by atomic mass is 9.82. The Morgan fingerprint density at radius 2 is 2.05 bits per heavy atom. The van der Waals surface area contributed by atoms with E-state index in [-0.39, 0.29) is 0 Å². The summed E-state index contributed by atoms with van der Waals surface area (Å²) >= 11 is 0. The van der Waals surface area contributed by atoms with Crippen LogP contribution < -0.4 is 5.32 Å². The van der Waals surface area contributed by atoms with Gasteiger partial charge in [0.15, 0.2) is 0 Å². The number of anilines is 1. The minimum atomic E-state index is 0.627. The van der Waals surface area contributed by atoms with Crippen LogP contribution in [0.5, 0.6) is 0 Å². The molecule has 2 unspecified atom stereocenters. The summed E-state index contributed by atoms with van der Waals surface area (Å²) in [4.78, 5) is 0. The number of rotatable bonds is 5. The summed E-state index contributed by atoms with van der Waals surface area (Å²) in [7, 11) is 0. The van der Waals surface area contributed by atoms with Crippen LogP contribution in [0.4, 0.5) is 5.69 Å². The summed E-state index contributed by atoms with van der Waals surface area (Å²) in [6.07, 6.45) is 10.6. The maximum Gasteiger partial charge on any atom is 0.0679 e. The summed E-state index contributed by atoms with van der Waals surface area (Å²) < 4.78 is 1.98. The molecule has 0 saturated heterocycles. The van der Waals surface area contributed by atoms with Crippen molar-refractivity contribution in [1.29, 1.82) is 0 Å². The van der Waals surface area contributed by atoms with Crippen LogP contribution in [0.3, 0.4) is 0 Å². The summed E-state index contributed by atoms with van der Waals surface area (Å²) in [5, 5.41) is 8.14. The van der Waals surface area contributed by atoms with E-state index in [1.165, 1.54) is 43.4 Å². The number of benzene rings is 1. The largest absolute Gasteiger partial charge is 0.382 e. The molecule has 21 heavy (non-hydrogen) atoms. The highest BCUT2D eigenvalue weighted by molar-refractivity contribution is 5.52. The molecule has 112 valence electrons. The maximum atomic E-state index is 4.32. The molecule has 0 amide bonds. The molecule has 1 aromatic carbocycles. The second kappa shape index (κ2) is 6.79. The van der Waals surface area contributed by atoms with Crippen molar-refractivity contribution in [3.8, 4) is 0 Å². The molecule has 1 aliphatic rings.